The molecule has 0 fully saturated rings. The molecule has 6 nitrogen and oxygen atoms in total. The van der Waals surface area contributed by atoms with Crippen molar-refractivity contribution in [1.29, 1.82) is 0 Å². The molecule has 0 aliphatic heterocycles. The molecule has 1 rings (SSSR count). The highest BCUT2D eigenvalue weighted by Gasteiger charge is 2.19. The fraction of sp³-hybridized carbons (Fsp3) is 0.750. The van der Waals surface area contributed by atoms with E-state index in [1.165, 1.54) is 0 Å². The Morgan fingerprint density at radius 2 is 1.38 bits per heavy atom. The van der Waals surface area contributed by atoms with Crippen molar-refractivity contribution in [2.45, 2.75) is 75.2 Å². The van der Waals surface area contributed by atoms with Crippen LogP contribution >= 0.6 is 0 Å². The third-order valence-corrected chi connectivity index (χ3v) is 2.91. The molecular formula is C20H42N4O2. The van der Waals surface area contributed by atoms with E-state index in [2.05, 4.69) is 36.1 Å². The van der Waals surface area contributed by atoms with Gasteiger partial charge in [0.05, 0.1) is 0 Å². The average molecular weight is 374 g/mol. The summed E-state index contributed by atoms with van der Waals surface area (Å²) >= 11 is 0. The number of hydrogen-bond donors (Lipinski definition) is 3. The molecule has 0 saturated heterocycles. The number of aromatic nitrogens is 2. The molecule has 0 unspecified atom stereocenters. The maximum absolute atomic E-state index is 11.0. The fourth-order valence-corrected chi connectivity index (χ4v) is 1.24. The molecule has 0 saturated carbocycles. The van der Waals surface area contributed by atoms with Crippen LogP contribution in [-0.4, -0.2) is 35.8 Å². The first-order valence-corrected chi connectivity index (χ1v) is 8.26. The Labute approximate surface area is 165 Å². The topological polar surface area (TPSA) is 86.9 Å². The van der Waals surface area contributed by atoms with E-state index < -0.39 is 18.3 Å². The molecule has 0 spiro atoms. The predicted octanol–water partition coefficient (Wildman–Crippen LogP) is 3.90. The average Bonchev–Trinajstić information content (AvgIpc) is 2.98. The number of H-pyrrole nitrogens is 1. The van der Waals surface area contributed by atoms with E-state index in [0.29, 0.717) is 0 Å². The fourth-order valence-electron chi connectivity index (χ4n) is 1.24. The number of rotatable bonds is 0. The zero-order chi connectivity index (χ0) is 23.0. The van der Waals surface area contributed by atoms with Crippen molar-refractivity contribution in [2.75, 3.05) is 14.0 Å². The Balaban J connectivity index is -0.000000348. The van der Waals surface area contributed by atoms with Crippen molar-refractivity contribution in [1.82, 2.24) is 20.6 Å². The Kier molecular flexibility index (Phi) is 9.99. The maximum atomic E-state index is 11.0. The SMILES string of the molecule is C.CC(C)(C)c1ncc[nH]1.CNC(=O)C(C)(C)C.[2H]C([2H])([2H])NC(=O)C(C)(C)C. The van der Waals surface area contributed by atoms with Crippen LogP contribution in [0.2, 0.25) is 0 Å². The van der Waals surface area contributed by atoms with E-state index >= 15 is 0 Å². The second-order valence-corrected chi connectivity index (χ2v) is 8.72. The van der Waals surface area contributed by atoms with Crippen molar-refractivity contribution in [2.24, 2.45) is 10.8 Å². The van der Waals surface area contributed by atoms with Gasteiger partial charge in [0.15, 0.2) is 0 Å². The van der Waals surface area contributed by atoms with Gasteiger partial charge in [0.25, 0.3) is 0 Å². The molecule has 1 aromatic rings. The van der Waals surface area contributed by atoms with E-state index in [9.17, 15) is 9.59 Å². The lowest BCUT2D eigenvalue weighted by atomic mass is 9.96. The van der Waals surface area contributed by atoms with Crippen molar-refractivity contribution >= 4 is 11.8 Å². The number of imidazole rings is 1. The van der Waals surface area contributed by atoms with Crippen LogP contribution in [0.3, 0.4) is 0 Å². The largest absolute Gasteiger partial charge is 0.359 e. The lowest BCUT2D eigenvalue weighted by Gasteiger charge is -2.14. The molecule has 0 aliphatic carbocycles. The number of aromatic amines is 1. The molecule has 0 atom stereocenters. The number of nitrogens with zero attached hydrogens (tertiary/aromatic N) is 1. The second-order valence-electron chi connectivity index (χ2n) is 8.72. The monoisotopic (exact) mass is 373 g/mol. The summed E-state index contributed by atoms with van der Waals surface area (Å²) in [5.74, 6) is 0.664. The Morgan fingerprint density at radius 1 is 0.962 bits per heavy atom. The van der Waals surface area contributed by atoms with Crippen molar-refractivity contribution in [3.05, 3.63) is 18.2 Å². The zero-order valence-electron chi connectivity index (χ0n) is 20.4. The summed E-state index contributed by atoms with van der Waals surface area (Å²) in [4.78, 5) is 28.9. The summed E-state index contributed by atoms with van der Waals surface area (Å²) in [5, 5.41) is 4.49. The molecule has 6 heteroatoms. The van der Waals surface area contributed by atoms with Crippen LogP contribution in [0.1, 0.15) is 79.7 Å². The summed E-state index contributed by atoms with van der Waals surface area (Å²) in [6.45, 7) is 14.6. The molecule has 1 heterocycles. The lowest BCUT2D eigenvalue weighted by molar-refractivity contribution is -0.128. The van der Waals surface area contributed by atoms with Crippen molar-refractivity contribution in [3.8, 4) is 0 Å². The number of nitrogens with one attached hydrogen (secondary N) is 3. The first kappa shape index (κ1) is 22.2. The molecule has 2 amide bonds. The summed E-state index contributed by atoms with van der Waals surface area (Å²) in [7, 11) is 1.65. The van der Waals surface area contributed by atoms with E-state index in [1.54, 1.807) is 34.0 Å². The molecule has 0 aliphatic rings. The highest BCUT2D eigenvalue weighted by Crippen LogP contribution is 2.16. The third-order valence-electron chi connectivity index (χ3n) is 2.91. The van der Waals surface area contributed by atoms with Gasteiger partial charge in [-0.15, -0.1) is 0 Å². The quantitative estimate of drug-likeness (QED) is 0.644. The molecule has 0 radical (unpaired) electrons. The van der Waals surface area contributed by atoms with E-state index in [1.807, 2.05) is 32.3 Å². The minimum absolute atomic E-state index is 0. The van der Waals surface area contributed by atoms with Gasteiger partial charge in [-0.3, -0.25) is 9.59 Å². The van der Waals surface area contributed by atoms with Crippen LogP contribution in [0, 0.1) is 10.8 Å². The highest BCUT2D eigenvalue weighted by molar-refractivity contribution is 5.81. The third kappa shape index (κ3) is 13.4. The van der Waals surface area contributed by atoms with Crippen LogP contribution in [0.5, 0.6) is 0 Å². The first-order chi connectivity index (χ1) is 12.2. The summed E-state index contributed by atoms with van der Waals surface area (Å²) in [6, 6.07) is 0. The molecule has 154 valence electrons. The normalized spacial score (nSPS) is 13.1. The second kappa shape index (κ2) is 11.7. The van der Waals surface area contributed by atoms with Gasteiger partial charge in [0, 0.05) is 46.8 Å². The van der Waals surface area contributed by atoms with Gasteiger partial charge in [-0.05, 0) is 0 Å². The minimum Gasteiger partial charge on any atom is -0.359 e. The molecule has 3 N–H and O–H groups in total. The van der Waals surface area contributed by atoms with Crippen molar-refractivity contribution in [3.63, 3.8) is 0 Å². The van der Waals surface area contributed by atoms with Gasteiger partial charge in [0.1, 0.15) is 5.82 Å². The lowest BCUT2D eigenvalue weighted by Crippen LogP contribution is -2.31. The summed E-state index contributed by atoms with van der Waals surface area (Å²) in [6.07, 6.45) is 3.63. The van der Waals surface area contributed by atoms with Crippen LogP contribution in [-0.2, 0) is 15.0 Å². The molecular weight excluding hydrogens is 328 g/mol. The molecule has 26 heavy (non-hydrogen) atoms. The molecule has 0 aromatic carbocycles. The van der Waals surface area contributed by atoms with Gasteiger partial charge in [-0.2, -0.15) is 0 Å². The van der Waals surface area contributed by atoms with Gasteiger partial charge in [0.2, 0.25) is 11.8 Å². The van der Waals surface area contributed by atoms with Gasteiger partial charge in [-0.1, -0.05) is 69.7 Å². The number of hydrogen-bond acceptors (Lipinski definition) is 3. The number of carbonyl (C=O) groups excluding carboxylic acids is 2. The standard InChI is InChI=1S/C7H12N2.2C6H13NO.CH4/c1-7(2,3)6-8-4-5-9-6;2*1-6(2,3)5(8)7-4;/h4-5H,1-3H3,(H,8,9);2*1-4H3,(H,7,8);1H4/i;4D3;;. The maximum Gasteiger partial charge on any atom is 0.225 e. The van der Waals surface area contributed by atoms with Crippen LogP contribution in [0.4, 0.5) is 0 Å². The van der Waals surface area contributed by atoms with Crippen molar-refractivity contribution < 1.29 is 13.7 Å². The van der Waals surface area contributed by atoms with E-state index in [-0.39, 0.29) is 24.2 Å². The van der Waals surface area contributed by atoms with E-state index in [0.717, 1.165) is 5.82 Å². The number of carbonyl (C=O) groups is 2. The smallest absolute Gasteiger partial charge is 0.225 e. The summed E-state index contributed by atoms with van der Waals surface area (Å²) in [5.41, 5.74) is -0.730. The molecule has 0 bridgehead atoms. The predicted molar refractivity (Wildman–Crippen MR) is 111 cm³/mol. The van der Waals surface area contributed by atoms with Gasteiger partial charge < -0.3 is 15.6 Å². The highest BCUT2D eigenvalue weighted by atomic mass is 16.2. The van der Waals surface area contributed by atoms with E-state index in [4.69, 9.17) is 4.11 Å². The molecule has 1 aromatic heterocycles. The number of amides is 2. The van der Waals surface area contributed by atoms with Gasteiger partial charge in [-0.25, -0.2) is 4.98 Å². The van der Waals surface area contributed by atoms with Gasteiger partial charge >= 0.3 is 0 Å². The van der Waals surface area contributed by atoms with Crippen LogP contribution < -0.4 is 10.6 Å². The first-order valence-electron chi connectivity index (χ1n) is 9.76. The zero-order valence-corrected chi connectivity index (χ0v) is 17.4. The van der Waals surface area contributed by atoms with Crippen LogP contribution in [0.25, 0.3) is 0 Å². The minimum atomic E-state index is -2.37. The Hall–Kier alpha value is -1.85. The Morgan fingerprint density at radius 3 is 1.50 bits per heavy atom. The summed E-state index contributed by atoms with van der Waals surface area (Å²) < 4.78 is 20.2. The van der Waals surface area contributed by atoms with Crippen LogP contribution in [0.15, 0.2) is 12.4 Å². The Bertz CT molecular complexity index is 591.